The summed E-state index contributed by atoms with van der Waals surface area (Å²) in [5.41, 5.74) is 12.3. The van der Waals surface area contributed by atoms with Crippen molar-refractivity contribution in [2.75, 3.05) is 93.7 Å². The Morgan fingerprint density at radius 1 is 0.807 bits per heavy atom. The number of nitrogens with one attached hydrogen (secondary N) is 5. The number of aromatic nitrogens is 4. The van der Waals surface area contributed by atoms with Gasteiger partial charge in [0, 0.05) is 89.0 Å². The number of rotatable bonds is 32. The fourth-order valence-electron chi connectivity index (χ4n) is 14.7. The van der Waals surface area contributed by atoms with Gasteiger partial charge < -0.3 is 66.3 Å². The number of aromatic hydroxyl groups is 1. The van der Waals surface area contributed by atoms with Crippen molar-refractivity contribution in [1.82, 2.24) is 61.2 Å². The number of unbranched alkanes of at least 4 members (excludes halogenated alkanes) is 2. The van der Waals surface area contributed by atoms with Gasteiger partial charge in [0.2, 0.25) is 29.5 Å². The third kappa shape index (κ3) is 20.4. The Hall–Kier alpha value is -10.1. The predicted octanol–water partition coefficient (Wildman–Crippen LogP) is 7.44. The maximum Gasteiger partial charge on any atom is 0.415 e. The zero-order valence-corrected chi connectivity index (χ0v) is 63.8. The zero-order valence-electron chi connectivity index (χ0n) is 62.2. The van der Waals surface area contributed by atoms with Crippen LogP contribution >= 0.6 is 22.9 Å². The number of piperazine rings is 1. The Balaban J connectivity index is 0.656. The second-order valence-electron chi connectivity index (χ2n) is 29.2. The van der Waals surface area contributed by atoms with Crippen LogP contribution in [0.3, 0.4) is 0 Å². The van der Waals surface area contributed by atoms with E-state index >= 15 is 0 Å². The molecule has 109 heavy (non-hydrogen) atoms. The Morgan fingerprint density at radius 3 is 2.28 bits per heavy atom. The SMILES string of the molecule is Cc1ncsc1-c1ccc([C@H](C)NC(=O)[C@@H]2C[C@@H](O)CN2C(=O)[C@@H](c2cc(OCCN3CCC(CN4CCN5c6cc(-c7ccccc7O)nnc6N(C(=O)OCc6ccc(NC(=O)[C@H](CCCNC(N)=O)NC(=O)[C@@H](NC(=O)CCCCCN7C(=O)C=CC7=O)C(C)C)c(Cl)c6)C[C@H]5C4)CC3)no2)C(C)C)cc1. The monoisotopic (exact) mass is 1540 g/mol. The number of urea groups is 1. The quantitative estimate of drug-likeness (QED) is 0.0150. The van der Waals surface area contributed by atoms with Gasteiger partial charge in [-0.1, -0.05) is 88.2 Å². The van der Waals surface area contributed by atoms with Crippen LogP contribution in [0.1, 0.15) is 127 Å². The van der Waals surface area contributed by atoms with Crippen molar-refractivity contribution in [2.24, 2.45) is 23.5 Å². The van der Waals surface area contributed by atoms with Crippen molar-refractivity contribution in [1.29, 1.82) is 0 Å². The summed E-state index contributed by atoms with van der Waals surface area (Å²) in [6, 6.07) is 18.7. The number of likely N-dealkylation sites (tertiary alicyclic amines) is 2. The van der Waals surface area contributed by atoms with Gasteiger partial charge in [0.1, 0.15) is 43.0 Å². The Morgan fingerprint density at radius 2 is 1.57 bits per heavy atom. The van der Waals surface area contributed by atoms with E-state index in [0.29, 0.717) is 85.5 Å². The average Bonchev–Trinajstić information content (AvgIpc) is 1.69. The number of amides is 10. The average molecular weight is 1540 g/mol. The summed E-state index contributed by atoms with van der Waals surface area (Å²) < 4.78 is 17.9. The van der Waals surface area contributed by atoms with E-state index in [1.807, 2.05) is 63.5 Å². The van der Waals surface area contributed by atoms with E-state index in [-0.39, 0.29) is 128 Å². The fraction of sp³-hybridized carbons (Fsp3) is 0.494. The van der Waals surface area contributed by atoms with Crippen molar-refractivity contribution in [3.63, 3.8) is 0 Å². The highest BCUT2D eigenvalue weighted by Crippen LogP contribution is 2.40. The molecule has 9 N–H and O–H groups in total. The molecule has 0 radical (unpaired) electrons. The number of phenols is 1. The molecule has 6 aromatic rings. The van der Waals surface area contributed by atoms with Crippen molar-refractivity contribution < 1.29 is 67.4 Å². The van der Waals surface area contributed by atoms with Crippen LogP contribution in [0, 0.1) is 24.7 Å². The molecular formula is C77H97ClN16O14S. The van der Waals surface area contributed by atoms with Gasteiger partial charge in [0.25, 0.3) is 17.7 Å². The summed E-state index contributed by atoms with van der Waals surface area (Å²) in [5, 5.41) is 49.0. The van der Waals surface area contributed by atoms with Gasteiger partial charge >= 0.3 is 12.1 Å². The number of benzene rings is 3. The molecular weight excluding hydrogens is 1440 g/mol. The van der Waals surface area contributed by atoms with Gasteiger partial charge in [-0.15, -0.1) is 21.5 Å². The number of fused-ring (bicyclic) bond motifs is 3. The first-order chi connectivity index (χ1) is 52.3. The molecule has 0 aliphatic carbocycles. The molecule has 582 valence electrons. The van der Waals surface area contributed by atoms with E-state index in [0.717, 1.165) is 65.6 Å². The lowest BCUT2D eigenvalue weighted by Gasteiger charge is -2.48. The summed E-state index contributed by atoms with van der Waals surface area (Å²) in [4.78, 5) is 136. The minimum Gasteiger partial charge on any atom is -0.507 e. The number of aliphatic hydroxyl groups excluding tert-OH is 1. The Bertz CT molecular complexity index is 4260. The molecule has 8 heterocycles. The molecule has 5 aliphatic heterocycles. The van der Waals surface area contributed by atoms with Gasteiger partial charge in [0.15, 0.2) is 11.6 Å². The first-order valence-electron chi connectivity index (χ1n) is 37.3. The number of imide groups is 1. The molecule has 32 heteroatoms. The third-order valence-corrected chi connectivity index (χ3v) is 21.9. The Labute approximate surface area is 641 Å². The minimum absolute atomic E-state index is 0.00947. The van der Waals surface area contributed by atoms with Gasteiger partial charge in [-0.05, 0) is 135 Å². The number of hydrogen-bond acceptors (Lipinski definition) is 22. The summed E-state index contributed by atoms with van der Waals surface area (Å²) in [7, 11) is 0. The van der Waals surface area contributed by atoms with Crippen molar-refractivity contribution in [3.8, 4) is 33.3 Å². The number of para-hydroxylation sites is 1. The topological polar surface area (TPSA) is 383 Å². The second kappa shape index (κ2) is 36.9. The van der Waals surface area contributed by atoms with Crippen LogP contribution in [0.4, 0.5) is 26.8 Å². The van der Waals surface area contributed by atoms with Crippen LogP contribution in [-0.4, -0.2) is 212 Å². The number of ether oxygens (including phenoxy) is 2. The fourth-order valence-corrected chi connectivity index (χ4v) is 15.7. The molecule has 7 atom stereocenters. The largest absolute Gasteiger partial charge is 0.507 e. The second-order valence-corrected chi connectivity index (χ2v) is 30.5. The molecule has 10 amide bonds. The number of thiazole rings is 1. The first-order valence-corrected chi connectivity index (χ1v) is 38.6. The zero-order chi connectivity index (χ0) is 77.6. The number of halogens is 1. The van der Waals surface area contributed by atoms with E-state index in [1.165, 1.54) is 22.0 Å². The summed E-state index contributed by atoms with van der Waals surface area (Å²) in [5.74, 6) is -3.16. The molecule has 11 rings (SSSR count). The smallest absolute Gasteiger partial charge is 0.415 e. The molecule has 0 spiro atoms. The number of nitrogens with zero attached hydrogens (tertiary/aromatic N) is 10. The first kappa shape index (κ1) is 79.9. The number of aryl methyl sites for hydroxylation is 1. The van der Waals surface area contributed by atoms with Gasteiger partial charge in [0.05, 0.1) is 62.9 Å². The minimum atomic E-state index is -1.16. The van der Waals surface area contributed by atoms with Crippen molar-refractivity contribution in [2.45, 2.75) is 148 Å². The van der Waals surface area contributed by atoms with Crippen LogP contribution in [0.2, 0.25) is 5.02 Å². The third-order valence-electron chi connectivity index (χ3n) is 20.7. The summed E-state index contributed by atoms with van der Waals surface area (Å²) in [6.07, 6.45) is 4.78. The Kier molecular flexibility index (Phi) is 27.1. The van der Waals surface area contributed by atoms with Crippen molar-refractivity contribution in [3.05, 3.63) is 124 Å². The summed E-state index contributed by atoms with van der Waals surface area (Å²) >= 11 is 8.39. The number of anilines is 3. The lowest BCUT2D eigenvalue weighted by atomic mass is 9.91. The number of phenolic OH excluding ortho intramolecular Hbond substituents is 1. The normalized spacial score (nSPS) is 18.6. The van der Waals surface area contributed by atoms with E-state index in [2.05, 4.69) is 61.6 Å². The van der Waals surface area contributed by atoms with E-state index in [4.69, 9.17) is 31.3 Å². The highest BCUT2D eigenvalue weighted by molar-refractivity contribution is 7.13. The lowest BCUT2D eigenvalue weighted by molar-refractivity contribution is -0.141. The molecule has 0 unspecified atom stereocenters. The molecule has 3 aromatic heterocycles. The molecule has 3 aromatic carbocycles. The number of β-amino-alcohol motifs (C(OH)–C–C–N with tert-alkyl or cyclic N) is 1. The number of primary amides is 1. The number of nitrogens with two attached hydrogens (primary N) is 1. The number of hydrogen-bond donors (Lipinski definition) is 8. The number of carbonyl (C=O) groups excluding carboxylic acids is 9. The van der Waals surface area contributed by atoms with Crippen LogP contribution in [-0.2, 0) is 44.9 Å². The molecule has 3 fully saturated rings. The van der Waals surface area contributed by atoms with Crippen LogP contribution < -0.4 is 46.9 Å². The van der Waals surface area contributed by atoms with E-state index in [9.17, 15) is 53.4 Å². The predicted molar refractivity (Wildman–Crippen MR) is 408 cm³/mol. The summed E-state index contributed by atoms with van der Waals surface area (Å²) in [6.45, 7) is 17.1. The van der Waals surface area contributed by atoms with Gasteiger partial charge in [-0.3, -0.25) is 53.2 Å². The maximum absolute atomic E-state index is 14.4. The number of carbonyl (C=O) groups is 9. The highest BCUT2D eigenvalue weighted by Gasteiger charge is 2.45. The molecule has 0 bridgehead atoms. The van der Waals surface area contributed by atoms with Crippen molar-refractivity contribution >= 4 is 93.6 Å². The van der Waals surface area contributed by atoms with Crippen LogP contribution in [0.25, 0.3) is 21.7 Å². The molecule has 0 saturated carbocycles. The highest BCUT2D eigenvalue weighted by atomic mass is 35.5. The van der Waals surface area contributed by atoms with E-state index < -0.39 is 60.0 Å². The van der Waals surface area contributed by atoms with Crippen LogP contribution in [0.5, 0.6) is 11.6 Å². The standard InChI is InChI=1S/C77H97ClN16O14S/c1-45(2)68(75(103)93-42-54(95)36-61(93)73(101)82-47(5)51-18-20-52(21-19-51)70-48(6)81-44-109-70)63-38-65(88-108-63)106-34-33-89-29-25-49(26-30-89)39-90-31-32-91-53(40-90)41-94(71-60(91)37-59(86-87-71)55-13-9-10-15-62(55)96)77(105)107-43-50-17-22-57(56(78)35-50)83-72(100)58(14-12-27-80-76(79)104)84-74(102)69(46(3)4)85-64(97)16-8-7-11-28-92-66(98)23-24-67(92)99/h9-10,13,15,17-24,35,37-38,44-47,49,53-54,58,61,68-69,95-96H,7-8,11-12,14,16,25-34,36,39-43H2,1-6H3,(H,82,101)(H,83,100)(H,84,102)(H,85,97)(H3,79,80,104)/t47-,53+,54+,58-,61-,68+,69-/m0/s1. The van der Waals surface area contributed by atoms with E-state index in [1.54, 1.807) is 73.7 Å². The molecule has 3 saturated heterocycles. The number of aliphatic hydroxyl groups is 1. The molecule has 30 nitrogen and oxygen atoms in total. The lowest BCUT2D eigenvalue weighted by Crippen LogP contribution is -2.61. The molecule has 5 aliphatic rings. The van der Waals surface area contributed by atoms with Gasteiger partial charge in [-0.25, -0.2) is 14.6 Å². The van der Waals surface area contributed by atoms with Crippen LogP contribution in [0.15, 0.2) is 101 Å². The number of piperidine rings is 1. The maximum atomic E-state index is 14.4. The van der Waals surface area contributed by atoms with Gasteiger partial charge in [-0.2, -0.15) is 0 Å².